The highest BCUT2D eigenvalue weighted by molar-refractivity contribution is 7.07. The lowest BCUT2D eigenvalue weighted by Crippen LogP contribution is -2.40. The Hall–Kier alpha value is -4.82. The Kier molecular flexibility index (Phi) is 6.84. The van der Waals surface area contributed by atoms with Gasteiger partial charge in [0.2, 0.25) is 0 Å². The van der Waals surface area contributed by atoms with Crippen molar-refractivity contribution >= 4 is 39.9 Å². The number of benzene rings is 3. The highest BCUT2D eigenvalue weighted by atomic mass is 32.1. The van der Waals surface area contributed by atoms with Gasteiger partial charge in [-0.25, -0.2) is 9.79 Å². The second-order valence-electron chi connectivity index (χ2n) is 9.12. The number of methoxy groups -OCH3 is 1. The zero-order valence-corrected chi connectivity index (χ0v) is 22.7. The van der Waals surface area contributed by atoms with Gasteiger partial charge in [0.25, 0.3) is 5.56 Å². The molecule has 7 nitrogen and oxygen atoms in total. The molecule has 0 aliphatic carbocycles. The molecular formula is C32H25N3O4S. The molecule has 0 fully saturated rings. The number of ether oxygens (including phenoxy) is 2. The maximum Gasteiger partial charge on any atom is 0.338 e. The van der Waals surface area contributed by atoms with E-state index in [9.17, 15) is 9.59 Å². The maximum absolute atomic E-state index is 14.2. The van der Waals surface area contributed by atoms with Crippen molar-refractivity contribution in [2.75, 3.05) is 13.7 Å². The van der Waals surface area contributed by atoms with Gasteiger partial charge < -0.3 is 9.47 Å². The smallest absolute Gasteiger partial charge is 0.338 e. The van der Waals surface area contributed by atoms with Crippen molar-refractivity contribution in [3.8, 4) is 5.75 Å². The average Bonchev–Trinajstić information content (AvgIpc) is 3.31. The van der Waals surface area contributed by atoms with E-state index in [1.54, 1.807) is 37.1 Å². The normalized spacial score (nSPS) is 15.1. The minimum Gasteiger partial charge on any atom is -0.496 e. The van der Waals surface area contributed by atoms with E-state index in [2.05, 4.69) is 4.98 Å². The Morgan fingerprint density at radius 2 is 1.82 bits per heavy atom. The van der Waals surface area contributed by atoms with Gasteiger partial charge in [-0.15, -0.1) is 0 Å². The number of nitrogens with zero attached hydrogens (tertiary/aromatic N) is 3. The first-order valence-electron chi connectivity index (χ1n) is 12.8. The fourth-order valence-corrected chi connectivity index (χ4v) is 6.06. The van der Waals surface area contributed by atoms with Crippen LogP contribution in [-0.2, 0) is 9.53 Å². The van der Waals surface area contributed by atoms with E-state index in [1.807, 2.05) is 78.9 Å². The number of esters is 1. The van der Waals surface area contributed by atoms with Crippen molar-refractivity contribution in [2.45, 2.75) is 13.0 Å². The molecular weight excluding hydrogens is 522 g/mol. The van der Waals surface area contributed by atoms with Crippen LogP contribution in [0.25, 0.3) is 22.5 Å². The first-order valence-corrected chi connectivity index (χ1v) is 13.7. The Morgan fingerprint density at radius 3 is 2.58 bits per heavy atom. The molecule has 1 atom stereocenters. The summed E-state index contributed by atoms with van der Waals surface area (Å²) in [4.78, 5) is 37.5. The number of carbonyl (C=O) groups excluding carboxylic acids is 1. The summed E-state index contributed by atoms with van der Waals surface area (Å²) in [5, 5.41) is 1.82. The van der Waals surface area contributed by atoms with Crippen LogP contribution < -0.4 is 19.6 Å². The summed E-state index contributed by atoms with van der Waals surface area (Å²) in [6.45, 7) is 1.94. The Morgan fingerprint density at radius 1 is 1.02 bits per heavy atom. The lowest BCUT2D eigenvalue weighted by Gasteiger charge is -2.28. The topological polar surface area (TPSA) is 82.8 Å². The van der Waals surface area contributed by atoms with Crippen molar-refractivity contribution in [2.24, 2.45) is 4.99 Å². The van der Waals surface area contributed by atoms with Crippen LogP contribution in [0.1, 0.15) is 29.7 Å². The third-order valence-electron chi connectivity index (χ3n) is 6.78. The molecule has 1 aliphatic rings. The van der Waals surface area contributed by atoms with E-state index < -0.39 is 12.0 Å². The molecule has 5 aromatic rings. The quantitative estimate of drug-likeness (QED) is 0.293. The van der Waals surface area contributed by atoms with Crippen molar-refractivity contribution < 1.29 is 14.3 Å². The van der Waals surface area contributed by atoms with Gasteiger partial charge >= 0.3 is 5.97 Å². The molecule has 198 valence electrons. The average molecular weight is 548 g/mol. The summed E-state index contributed by atoms with van der Waals surface area (Å²) in [5.74, 6) is 0.0216. The van der Waals surface area contributed by atoms with E-state index in [4.69, 9.17) is 14.5 Å². The van der Waals surface area contributed by atoms with Crippen LogP contribution in [0.3, 0.4) is 0 Å². The molecule has 2 aromatic heterocycles. The van der Waals surface area contributed by atoms with Crippen LogP contribution in [-0.4, -0.2) is 29.2 Å². The third kappa shape index (κ3) is 4.42. The van der Waals surface area contributed by atoms with Gasteiger partial charge in [-0.3, -0.25) is 14.3 Å². The number of carbonyl (C=O) groups is 1. The van der Waals surface area contributed by atoms with E-state index in [-0.39, 0.29) is 17.7 Å². The summed E-state index contributed by atoms with van der Waals surface area (Å²) >= 11 is 1.27. The summed E-state index contributed by atoms with van der Waals surface area (Å²) in [5.41, 5.74) is 2.72. The van der Waals surface area contributed by atoms with Gasteiger partial charge in [-0.2, -0.15) is 0 Å². The van der Waals surface area contributed by atoms with Crippen LogP contribution in [0, 0.1) is 0 Å². The number of rotatable bonds is 6. The zero-order valence-electron chi connectivity index (χ0n) is 21.9. The molecule has 0 saturated carbocycles. The predicted molar refractivity (Wildman–Crippen MR) is 156 cm³/mol. The minimum atomic E-state index is -0.845. The van der Waals surface area contributed by atoms with Crippen LogP contribution in [0.4, 0.5) is 0 Å². The van der Waals surface area contributed by atoms with E-state index in [0.29, 0.717) is 26.3 Å². The third-order valence-corrected chi connectivity index (χ3v) is 7.76. The standard InChI is InChI=1S/C32H25N3O4S/c1-3-39-31(37)27-28(22-12-5-4-6-13-22)34-32-35(30(36)25(40-32)18-20-10-9-17-33-19-20)29(27)26-23-14-8-7-11-21(23)15-16-24(26)38-2/h4-19,29H,3H2,1-2H3/t29-/m0/s1. The van der Waals surface area contributed by atoms with Crippen molar-refractivity contribution in [1.29, 1.82) is 0 Å². The lowest BCUT2D eigenvalue weighted by molar-refractivity contribution is -0.138. The number of fused-ring (bicyclic) bond motifs is 2. The van der Waals surface area contributed by atoms with E-state index in [1.165, 1.54) is 11.3 Å². The number of hydrogen-bond acceptors (Lipinski definition) is 7. The number of aromatic nitrogens is 2. The van der Waals surface area contributed by atoms with E-state index in [0.717, 1.165) is 21.9 Å². The Bertz CT molecular complexity index is 1940. The summed E-state index contributed by atoms with van der Waals surface area (Å²) < 4.78 is 13.5. The molecule has 40 heavy (non-hydrogen) atoms. The number of thiazole rings is 1. The molecule has 0 bridgehead atoms. The molecule has 3 aromatic carbocycles. The molecule has 0 saturated heterocycles. The van der Waals surface area contributed by atoms with Crippen LogP contribution >= 0.6 is 11.3 Å². The van der Waals surface area contributed by atoms with Gasteiger partial charge in [0.15, 0.2) is 4.80 Å². The molecule has 0 amide bonds. The highest BCUT2D eigenvalue weighted by Crippen LogP contribution is 2.42. The largest absolute Gasteiger partial charge is 0.496 e. The lowest BCUT2D eigenvalue weighted by atomic mass is 9.89. The first kappa shape index (κ1) is 25.5. The van der Waals surface area contributed by atoms with Crippen LogP contribution in [0.2, 0.25) is 0 Å². The number of pyridine rings is 1. The molecule has 0 radical (unpaired) electrons. The summed E-state index contributed by atoms with van der Waals surface area (Å²) in [6.07, 6.45) is 5.18. The van der Waals surface area contributed by atoms with Crippen LogP contribution in [0.15, 0.2) is 107 Å². The second kappa shape index (κ2) is 10.7. The molecule has 3 heterocycles. The molecule has 0 spiro atoms. The SMILES string of the molecule is CCOC(=O)C1=C(c2ccccc2)N=c2sc(=Cc3cccnc3)c(=O)n2[C@H]1c1c(OC)ccc2ccccc12. The van der Waals surface area contributed by atoms with Gasteiger partial charge in [-0.05, 0) is 41.5 Å². The van der Waals surface area contributed by atoms with Crippen LogP contribution in [0.5, 0.6) is 5.75 Å². The fourth-order valence-electron chi connectivity index (χ4n) is 5.06. The zero-order chi connectivity index (χ0) is 27.6. The van der Waals surface area contributed by atoms with Gasteiger partial charge in [0.05, 0.1) is 29.5 Å². The van der Waals surface area contributed by atoms with Crippen molar-refractivity contribution in [1.82, 2.24) is 9.55 Å². The maximum atomic E-state index is 14.2. The van der Waals surface area contributed by atoms with Gasteiger partial charge in [-0.1, -0.05) is 78.1 Å². The molecule has 6 rings (SSSR count). The van der Waals surface area contributed by atoms with Crippen molar-refractivity contribution in [3.63, 3.8) is 0 Å². The summed E-state index contributed by atoms with van der Waals surface area (Å²) in [6, 6.07) is 24.1. The van der Waals surface area contributed by atoms with Gasteiger partial charge in [0.1, 0.15) is 11.8 Å². The molecule has 0 N–H and O–H groups in total. The second-order valence-corrected chi connectivity index (χ2v) is 10.1. The first-order chi connectivity index (χ1) is 19.6. The molecule has 0 unspecified atom stereocenters. The number of hydrogen-bond donors (Lipinski definition) is 0. The predicted octanol–water partition coefficient (Wildman–Crippen LogP) is 4.49. The molecule has 1 aliphatic heterocycles. The summed E-state index contributed by atoms with van der Waals surface area (Å²) in [7, 11) is 1.59. The van der Waals surface area contributed by atoms with Crippen molar-refractivity contribution in [3.05, 3.63) is 133 Å². The molecule has 8 heteroatoms. The minimum absolute atomic E-state index is 0.176. The Balaban J connectivity index is 1.76. The highest BCUT2D eigenvalue weighted by Gasteiger charge is 2.37. The Labute approximate surface area is 234 Å². The van der Waals surface area contributed by atoms with E-state index >= 15 is 0 Å². The fraction of sp³-hybridized carbons (Fsp3) is 0.125. The van der Waals surface area contributed by atoms with Gasteiger partial charge in [0, 0.05) is 23.5 Å². The monoisotopic (exact) mass is 547 g/mol.